The summed E-state index contributed by atoms with van der Waals surface area (Å²) in [5.41, 5.74) is 1.10. The van der Waals surface area contributed by atoms with Crippen LogP contribution in [0.15, 0.2) is 24.3 Å². The highest BCUT2D eigenvalue weighted by atomic mass is 32.2. The van der Waals surface area contributed by atoms with Crippen molar-refractivity contribution in [1.29, 1.82) is 5.26 Å². The molecule has 1 aromatic rings. The van der Waals surface area contributed by atoms with E-state index in [9.17, 15) is 9.59 Å². The van der Waals surface area contributed by atoms with Crippen molar-refractivity contribution in [1.82, 2.24) is 15.1 Å². The monoisotopic (exact) mass is 404 g/mol. The first kappa shape index (κ1) is 20.1. The van der Waals surface area contributed by atoms with Crippen molar-refractivity contribution in [2.24, 2.45) is 0 Å². The van der Waals surface area contributed by atoms with E-state index < -0.39 is 5.66 Å². The van der Waals surface area contributed by atoms with E-state index in [1.807, 2.05) is 29.4 Å². The third kappa shape index (κ3) is 4.26. The van der Waals surface area contributed by atoms with Crippen LogP contribution in [-0.2, 0) is 11.3 Å². The van der Waals surface area contributed by atoms with Crippen molar-refractivity contribution in [2.45, 2.75) is 37.5 Å². The van der Waals surface area contributed by atoms with E-state index in [1.165, 1.54) is 0 Å². The first-order valence-corrected chi connectivity index (χ1v) is 10.9. The van der Waals surface area contributed by atoms with E-state index in [4.69, 9.17) is 5.26 Å². The molecule has 1 atom stereocenters. The lowest BCUT2D eigenvalue weighted by Gasteiger charge is -2.44. The summed E-state index contributed by atoms with van der Waals surface area (Å²) < 4.78 is 0. The summed E-state index contributed by atoms with van der Waals surface area (Å²) in [5, 5.41) is 12.5. The number of likely N-dealkylation sites (tertiary alicyclic amines) is 1. The molecule has 0 aliphatic carbocycles. The lowest BCUT2D eigenvalue weighted by atomic mass is 9.95. The molecule has 2 heterocycles. The Bertz CT molecular complexity index is 756. The zero-order chi connectivity index (χ0) is 19.4. The molecule has 1 aromatic carbocycles. The Hall–Kier alpha value is -1.69. The highest BCUT2D eigenvalue weighted by Crippen LogP contribution is 2.35. The summed E-state index contributed by atoms with van der Waals surface area (Å²) in [6, 6.07) is 9.35. The molecule has 3 rings (SSSR count). The number of nitrogens with one attached hydrogen (secondary N) is 1. The fraction of sp³-hybridized carbons (Fsp3) is 0.526. The lowest BCUT2D eigenvalue weighted by molar-refractivity contribution is -0.134. The number of hydrogen-bond acceptors (Lipinski definition) is 5. The first-order valence-electron chi connectivity index (χ1n) is 9.04. The van der Waals surface area contributed by atoms with Gasteiger partial charge in [0.1, 0.15) is 0 Å². The Labute approximate surface area is 169 Å². The molecule has 2 fully saturated rings. The van der Waals surface area contributed by atoms with Gasteiger partial charge in [0.25, 0.3) is 5.24 Å². The van der Waals surface area contributed by atoms with Crippen molar-refractivity contribution in [3.05, 3.63) is 35.4 Å². The summed E-state index contributed by atoms with van der Waals surface area (Å²) in [4.78, 5) is 28.4. The van der Waals surface area contributed by atoms with Crippen LogP contribution in [-0.4, -0.2) is 57.7 Å². The second-order valence-corrected chi connectivity index (χ2v) is 8.38. The van der Waals surface area contributed by atoms with Crippen molar-refractivity contribution < 1.29 is 9.59 Å². The molecule has 0 saturated carbocycles. The summed E-state index contributed by atoms with van der Waals surface area (Å²) in [7, 11) is 0. The number of nitrogens with zero attached hydrogens (tertiary/aromatic N) is 3. The van der Waals surface area contributed by atoms with Gasteiger partial charge in [-0.15, -0.1) is 0 Å². The van der Waals surface area contributed by atoms with Gasteiger partial charge in [0.05, 0.1) is 23.3 Å². The van der Waals surface area contributed by atoms with Gasteiger partial charge < -0.3 is 9.80 Å². The van der Waals surface area contributed by atoms with Gasteiger partial charge in [-0.25, -0.2) is 0 Å². The molecule has 27 heavy (non-hydrogen) atoms. The average Bonchev–Trinajstić information content (AvgIpc) is 2.92. The SMILES string of the molecule is CSCCC1NC2(CCN(C(=O)S)CC2)N(Cc2cccc(C#N)c2)C1=O. The van der Waals surface area contributed by atoms with Gasteiger partial charge in [0.2, 0.25) is 5.91 Å². The highest BCUT2D eigenvalue weighted by molar-refractivity contribution is 7.98. The minimum Gasteiger partial charge on any atom is -0.334 e. The molecule has 2 aliphatic rings. The molecule has 8 heteroatoms. The Morgan fingerprint density at radius 1 is 1.44 bits per heavy atom. The molecule has 2 saturated heterocycles. The van der Waals surface area contributed by atoms with Crippen LogP contribution in [0.4, 0.5) is 4.79 Å². The van der Waals surface area contributed by atoms with Gasteiger partial charge >= 0.3 is 0 Å². The molecule has 0 bridgehead atoms. The van der Waals surface area contributed by atoms with Crippen molar-refractivity contribution in [2.75, 3.05) is 25.1 Å². The van der Waals surface area contributed by atoms with Gasteiger partial charge in [-0.05, 0) is 36.1 Å². The molecule has 2 amide bonds. The largest absolute Gasteiger partial charge is 0.334 e. The predicted molar refractivity (Wildman–Crippen MR) is 110 cm³/mol. The van der Waals surface area contributed by atoms with E-state index in [1.54, 1.807) is 22.7 Å². The molecule has 0 aromatic heterocycles. The number of rotatable bonds is 5. The number of thioether (sulfide) groups is 1. The standard InChI is InChI=1S/C19H24N4O2S2/c1-27-10-5-16-17(24)23(13-15-4-2-3-14(11-15)12-20)19(21-16)6-8-22(9-7-19)18(25)26/h2-4,11,16,21H,5-10,13H2,1H3,(H,25,26). The minimum absolute atomic E-state index is 0.108. The van der Waals surface area contributed by atoms with E-state index >= 15 is 0 Å². The zero-order valence-corrected chi connectivity index (χ0v) is 17.1. The van der Waals surface area contributed by atoms with Crippen LogP contribution in [0.2, 0.25) is 0 Å². The number of benzene rings is 1. The van der Waals surface area contributed by atoms with Crippen LogP contribution < -0.4 is 5.32 Å². The minimum atomic E-state index is -0.442. The van der Waals surface area contributed by atoms with Crippen molar-refractivity contribution in [3.8, 4) is 6.07 Å². The van der Waals surface area contributed by atoms with Gasteiger partial charge in [0, 0.05) is 32.5 Å². The van der Waals surface area contributed by atoms with Crippen LogP contribution in [0.1, 0.15) is 30.4 Å². The molecule has 2 aliphatic heterocycles. The second kappa shape index (κ2) is 8.55. The average molecular weight is 405 g/mol. The van der Waals surface area contributed by atoms with Gasteiger partial charge in [-0.1, -0.05) is 24.8 Å². The predicted octanol–water partition coefficient (Wildman–Crippen LogP) is 2.45. The van der Waals surface area contributed by atoms with Crippen LogP contribution in [0.3, 0.4) is 0 Å². The number of amides is 2. The smallest absolute Gasteiger partial charge is 0.278 e. The van der Waals surface area contributed by atoms with Crippen molar-refractivity contribution in [3.63, 3.8) is 0 Å². The molecule has 1 unspecified atom stereocenters. The number of carbonyl (C=O) groups is 2. The molecule has 144 valence electrons. The molecule has 1 spiro atoms. The van der Waals surface area contributed by atoms with Crippen LogP contribution in [0.5, 0.6) is 0 Å². The molecule has 0 radical (unpaired) electrons. The topological polar surface area (TPSA) is 76.4 Å². The Morgan fingerprint density at radius 3 is 2.81 bits per heavy atom. The van der Waals surface area contributed by atoms with Crippen LogP contribution >= 0.6 is 24.4 Å². The highest BCUT2D eigenvalue weighted by Gasteiger charge is 2.51. The summed E-state index contributed by atoms with van der Waals surface area (Å²) >= 11 is 5.66. The van der Waals surface area contributed by atoms with Crippen LogP contribution in [0, 0.1) is 11.3 Å². The summed E-state index contributed by atoms with van der Waals surface area (Å²) in [5.74, 6) is 1.02. The van der Waals surface area contributed by atoms with E-state index in [0.717, 1.165) is 17.7 Å². The normalized spacial score (nSPS) is 21.5. The number of piperidine rings is 1. The zero-order valence-electron chi connectivity index (χ0n) is 15.4. The second-order valence-electron chi connectivity index (χ2n) is 7.02. The summed E-state index contributed by atoms with van der Waals surface area (Å²) in [6.45, 7) is 1.62. The Balaban J connectivity index is 1.83. The fourth-order valence-electron chi connectivity index (χ4n) is 3.93. The van der Waals surface area contributed by atoms with Gasteiger partial charge in [-0.3, -0.25) is 14.9 Å². The first-order chi connectivity index (χ1) is 13.0. The summed E-state index contributed by atoms with van der Waals surface area (Å²) in [6.07, 6.45) is 4.18. The van der Waals surface area contributed by atoms with E-state index in [-0.39, 0.29) is 17.2 Å². The fourth-order valence-corrected chi connectivity index (χ4v) is 4.60. The lowest BCUT2D eigenvalue weighted by Crippen LogP contribution is -2.58. The number of hydrogen-bond donors (Lipinski definition) is 2. The maximum atomic E-state index is 13.2. The molecule has 1 N–H and O–H groups in total. The van der Waals surface area contributed by atoms with Gasteiger partial charge in [-0.2, -0.15) is 17.0 Å². The number of thiol groups is 1. The maximum Gasteiger partial charge on any atom is 0.278 e. The van der Waals surface area contributed by atoms with Crippen molar-refractivity contribution >= 4 is 35.5 Å². The Kier molecular flexibility index (Phi) is 6.35. The Morgan fingerprint density at radius 2 is 2.19 bits per heavy atom. The van der Waals surface area contributed by atoms with E-state index in [0.29, 0.717) is 38.0 Å². The maximum absolute atomic E-state index is 13.2. The third-order valence-electron chi connectivity index (χ3n) is 5.39. The molecular formula is C19H24N4O2S2. The quantitative estimate of drug-likeness (QED) is 0.738. The molecule has 6 nitrogen and oxygen atoms in total. The van der Waals surface area contributed by atoms with E-state index in [2.05, 4.69) is 24.0 Å². The molecular weight excluding hydrogens is 380 g/mol. The van der Waals surface area contributed by atoms with Gasteiger partial charge in [0.15, 0.2) is 0 Å². The number of nitriles is 1. The third-order valence-corrected chi connectivity index (χ3v) is 6.32. The number of carbonyl (C=O) groups excluding carboxylic acids is 2. The van der Waals surface area contributed by atoms with Crippen LogP contribution in [0.25, 0.3) is 0 Å².